The topological polar surface area (TPSA) is 96.7 Å². The third kappa shape index (κ3) is 4.06. The lowest BCUT2D eigenvalue weighted by atomic mass is 9.73. The van der Waals surface area contributed by atoms with Crippen LogP contribution in [-0.2, 0) is 16.1 Å². The summed E-state index contributed by atoms with van der Waals surface area (Å²) < 4.78 is 7.74. The van der Waals surface area contributed by atoms with Gasteiger partial charge in [-0.15, -0.1) is 0 Å². The lowest BCUT2D eigenvalue weighted by molar-refractivity contribution is -0.205. The number of thioether (sulfide) groups is 1. The molecule has 0 bridgehead atoms. The number of nitrogens with one attached hydrogen (secondary N) is 1. The van der Waals surface area contributed by atoms with Gasteiger partial charge in [-0.05, 0) is 39.4 Å². The Kier molecular flexibility index (Phi) is 6.36. The van der Waals surface area contributed by atoms with Crippen LogP contribution in [0.25, 0.3) is 0 Å². The van der Waals surface area contributed by atoms with E-state index in [0.29, 0.717) is 56.8 Å². The zero-order valence-corrected chi connectivity index (χ0v) is 17.6. The number of amides is 2. The fourth-order valence-electron chi connectivity index (χ4n) is 4.15. The SMILES string of the molecule is CCn1cc(C(=O)N[C@]2(C)CCOC3(CCN(C(=O)CSC)CC3)[C@H]2O)cn1. The first-order valence-corrected chi connectivity index (χ1v) is 11.2. The Bertz CT molecular complexity index is 717. The number of likely N-dealkylation sites (tertiary alicyclic amines) is 1. The lowest BCUT2D eigenvalue weighted by Gasteiger charge is -2.53. The number of rotatable bonds is 5. The van der Waals surface area contributed by atoms with E-state index < -0.39 is 17.2 Å². The summed E-state index contributed by atoms with van der Waals surface area (Å²) in [6, 6.07) is 0. The molecule has 0 aliphatic carbocycles. The molecule has 28 heavy (non-hydrogen) atoms. The molecule has 0 aromatic carbocycles. The maximum absolute atomic E-state index is 12.7. The standard InChI is InChI=1S/C19H30N4O4S/c1-4-23-12-14(11-20-23)16(25)21-18(2)7-10-27-19(17(18)26)5-8-22(9-6-19)15(24)13-28-3/h11-12,17,26H,4-10,13H2,1-3H3,(H,21,25)/t17-,18+/m0/s1. The van der Waals surface area contributed by atoms with Crippen LogP contribution in [0.3, 0.4) is 0 Å². The Balaban J connectivity index is 1.68. The highest BCUT2D eigenvalue weighted by molar-refractivity contribution is 7.99. The van der Waals surface area contributed by atoms with Gasteiger partial charge in [0, 0.05) is 32.4 Å². The van der Waals surface area contributed by atoms with Crippen LogP contribution in [-0.4, -0.2) is 80.6 Å². The molecule has 1 spiro atoms. The summed E-state index contributed by atoms with van der Waals surface area (Å²) in [5.74, 6) is 0.345. The molecule has 0 unspecified atom stereocenters. The summed E-state index contributed by atoms with van der Waals surface area (Å²) in [7, 11) is 0. The van der Waals surface area contributed by atoms with Gasteiger partial charge in [0.1, 0.15) is 6.10 Å². The highest BCUT2D eigenvalue weighted by Crippen LogP contribution is 2.40. The van der Waals surface area contributed by atoms with Gasteiger partial charge in [0.15, 0.2) is 0 Å². The van der Waals surface area contributed by atoms with Crippen LogP contribution >= 0.6 is 11.8 Å². The van der Waals surface area contributed by atoms with Crippen LogP contribution in [0.2, 0.25) is 0 Å². The van der Waals surface area contributed by atoms with Crippen molar-refractivity contribution in [3.63, 3.8) is 0 Å². The summed E-state index contributed by atoms with van der Waals surface area (Å²) in [5.41, 5.74) is -1.05. The van der Waals surface area contributed by atoms with Crippen molar-refractivity contribution in [3.05, 3.63) is 18.0 Å². The molecule has 2 atom stereocenters. The van der Waals surface area contributed by atoms with E-state index in [9.17, 15) is 14.7 Å². The number of aliphatic hydroxyl groups excluding tert-OH is 1. The number of carbonyl (C=O) groups excluding carboxylic acids is 2. The Morgan fingerprint density at radius 3 is 2.71 bits per heavy atom. The molecule has 2 amide bonds. The van der Waals surface area contributed by atoms with Gasteiger partial charge >= 0.3 is 0 Å². The van der Waals surface area contributed by atoms with Gasteiger partial charge in [-0.3, -0.25) is 14.3 Å². The van der Waals surface area contributed by atoms with Gasteiger partial charge in [-0.25, -0.2) is 0 Å². The number of aliphatic hydroxyl groups is 1. The first kappa shape index (κ1) is 21.1. The minimum Gasteiger partial charge on any atom is -0.388 e. The highest BCUT2D eigenvalue weighted by Gasteiger charge is 2.54. The number of aryl methyl sites for hydroxylation is 1. The van der Waals surface area contributed by atoms with E-state index in [1.165, 1.54) is 11.8 Å². The van der Waals surface area contributed by atoms with Crippen molar-refractivity contribution in [3.8, 4) is 0 Å². The smallest absolute Gasteiger partial charge is 0.254 e. The van der Waals surface area contributed by atoms with Crippen LogP contribution in [0.15, 0.2) is 12.4 Å². The summed E-state index contributed by atoms with van der Waals surface area (Å²) in [6.45, 7) is 6.10. The van der Waals surface area contributed by atoms with E-state index in [1.807, 2.05) is 25.0 Å². The molecule has 2 aliphatic rings. The Morgan fingerprint density at radius 1 is 1.39 bits per heavy atom. The third-order valence-corrected chi connectivity index (χ3v) is 6.50. The van der Waals surface area contributed by atoms with E-state index in [1.54, 1.807) is 17.1 Å². The van der Waals surface area contributed by atoms with Crippen molar-refractivity contribution in [1.82, 2.24) is 20.0 Å². The lowest BCUT2D eigenvalue weighted by Crippen LogP contribution is -2.69. The number of hydrogen-bond acceptors (Lipinski definition) is 6. The second-order valence-corrected chi connectivity index (χ2v) is 8.70. The van der Waals surface area contributed by atoms with Crippen molar-refractivity contribution in [2.75, 3.05) is 31.7 Å². The molecular formula is C19H30N4O4S. The molecule has 8 nitrogen and oxygen atoms in total. The first-order chi connectivity index (χ1) is 13.3. The Morgan fingerprint density at radius 2 is 2.11 bits per heavy atom. The molecule has 1 aromatic rings. The number of piperidine rings is 1. The van der Waals surface area contributed by atoms with Gasteiger partial charge in [0.05, 0.1) is 28.7 Å². The maximum atomic E-state index is 12.7. The van der Waals surface area contributed by atoms with E-state index in [4.69, 9.17) is 4.74 Å². The minimum atomic E-state index is -0.850. The molecule has 9 heteroatoms. The van der Waals surface area contributed by atoms with Crippen molar-refractivity contribution in [2.45, 2.75) is 56.9 Å². The quantitative estimate of drug-likeness (QED) is 0.749. The van der Waals surface area contributed by atoms with E-state index in [-0.39, 0.29) is 11.8 Å². The zero-order chi connectivity index (χ0) is 20.4. The van der Waals surface area contributed by atoms with Crippen molar-refractivity contribution >= 4 is 23.6 Å². The number of carbonyl (C=O) groups is 2. The Hall–Kier alpha value is -1.58. The minimum absolute atomic E-state index is 0.122. The molecule has 2 N–H and O–H groups in total. The predicted molar refractivity (Wildman–Crippen MR) is 107 cm³/mol. The number of aromatic nitrogens is 2. The zero-order valence-electron chi connectivity index (χ0n) is 16.8. The summed E-state index contributed by atoms with van der Waals surface area (Å²) in [4.78, 5) is 26.7. The summed E-state index contributed by atoms with van der Waals surface area (Å²) in [5, 5.41) is 18.4. The summed E-state index contributed by atoms with van der Waals surface area (Å²) in [6.07, 6.45) is 5.96. The van der Waals surface area contributed by atoms with Crippen LogP contribution in [0.4, 0.5) is 0 Å². The van der Waals surface area contributed by atoms with Crippen LogP contribution in [0, 0.1) is 0 Å². The van der Waals surface area contributed by atoms with Gasteiger partial charge in [0.25, 0.3) is 5.91 Å². The highest BCUT2D eigenvalue weighted by atomic mass is 32.2. The summed E-state index contributed by atoms with van der Waals surface area (Å²) >= 11 is 1.51. The van der Waals surface area contributed by atoms with Crippen molar-refractivity contribution < 1.29 is 19.4 Å². The molecule has 0 saturated carbocycles. The van der Waals surface area contributed by atoms with E-state index in [0.717, 1.165) is 0 Å². The van der Waals surface area contributed by atoms with Crippen LogP contribution in [0.1, 0.15) is 43.5 Å². The van der Waals surface area contributed by atoms with Crippen LogP contribution < -0.4 is 5.32 Å². The van der Waals surface area contributed by atoms with Gasteiger partial charge in [0.2, 0.25) is 5.91 Å². The van der Waals surface area contributed by atoms with E-state index >= 15 is 0 Å². The molecule has 3 heterocycles. The number of nitrogens with zero attached hydrogens (tertiary/aromatic N) is 3. The fraction of sp³-hybridized carbons (Fsp3) is 0.737. The molecule has 2 aliphatic heterocycles. The van der Waals surface area contributed by atoms with Gasteiger partial charge < -0.3 is 20.1 Å². The van der Waals surface area contributed by atoms with Crippen LogP contribution in [0.5, 0.6) is 0 Å². The van der Waals surface area contributed by atoms with Crippen molar-refractivity contribution in [2.24, 2.45) is 0 Å². The van der Waals surface area contributed by atoms with Gasteiger partial charge in [-0.1, -0.05) is 0 Å². The average Bonchev–Trinajstić information content (AvgIpc) is 3.16. The predicted octanol–water partition coefficient (Wildman–Crippen LogP) is 0.897. The molecular weight excluding hydrogens is 380 g/mol. The second-order valence-electron chi connectivity index (χ2n) is 7.84. The maximum Gasteiger partial charge on any atom is 0.254 e. The Labute approximate surface area is 170 Å². The third-order valence-electron chi connectivity index (χ3n) is 5.96. The largest absolute Gasteiger partial charge is 0.388 e. The molecule has 2 saturated heterocycles. The molecule has 2 fully saturated rings. The fourth-order valence-corrected chi connectivity index (χ4v) is 4.58. The van der Waals surface area contributed by atoms with E-state index in [2.05, 4.69) is 10.4 Å². The molecule has 0 radical (unpaired) electrons. The monoisotopic (exact) mass is 410 g/mol. The second kappa shape index (κ2) is 8.42. The molecule has 3 rings (SSSR count). The molecule has 156 valence electrons. The first-order valence-electron chi connectivity index (χ1n) is 9.77. The normalized spacial score (nSPS) is 27.0. The number of hydrogen-bond donors (Lipinski definition) is 2. The number of ether oxygens (including phenoxy) is 1. The molecule has 1 aromatic heterocycles. The van der Waals surface area contributed by atoms with Crippen molar-refractivity contribution in [1.29, 1.82) is 0 Å². The average molecular weight is 411 g/mol. The van der Waals surface area contributed by atoms with Gasteiger partial charge in [-0.2, -0.15) is 16.9 Å².